The van der Waals surface area contributed by atoms with Crippen molar-refractivity contribution < 1.29 is 19.1 Å². The van der Waals surface area contributed by atoms with Crippen LogP contribution in [0.15, 0.2) is 48.5 Å². The molecule has 2 aromatic rings. The molecule has 0 fully saturated rings. The number of amides is 3. The first-order valence-electron chi connectivity index (χ1n) is 8.44. The summed E-state index contributed by atoms with van der Waals surface area (Å²) >= 11 is 5.78. The summed E-state index contributed by atoms with van der Waals surface area (Å²) in [4.78, 5) is 23.5. The van der Waals surface area contributed by atoms with Gasteiger partial charge in [0.25, 0.3) is 5.91 Å². The number of aliphatic hydroxyl groups excluding tert-OH is 1. The van der Waals surface area contributed by atoms with Crippen LogP contribution in [0.2, 0.25) is 5.02 Å². The Morgan fingerprint density at radius 2 is 1.59 bits per heavy atom. The summed E-state index contributed by atoms with van der Waals surface area (Å²) in [5, 5.41) is 18.5. The van der Waals surface area contributed by atoms with Crippen molar-refractivity contribution in [2.24, 2.45) is 0 Å². The molecule has 2 aromatic carbocycles. The minimum atomic E-state index is -0.831. The molecule has 1 unspecified atom stereocenters. The van der Waals surface area contributed by atoms with Crippen molar-refractivity contribution in [1.29, 1.82) is 0 Å². The number of hydrogen-bond acceptors (Lipinski definition) is 3. The summed E-state index contributed by atoms with van der Waals surface area (Å²) in [5.74, 6) is -0.700. The van der Waals surface area contributed by atoms with E-state index in [0.29, 0.717) is 35.7 Å². The number of aliphatic hydroxyl groups is 1. The maximum Gasteiger partial charge on any atom is 0.314 e. The van der Waals surface area contributed by atoms with Gasteiger partial charge in [-0.3, -0.25) is 4.79 Å². The lowest BCUT2D eigenvalue weighted by molar-refractivity contribution is 0.0953. The Balaban J connectivity index is 1.58. The Bertz CT molecular complexity index is 754. The Kier molecular flexibility index (Phi) is 8.03. The van der Waals surface area contributed by atoms with Crippen molar-refractivity contribution in [3.8, 4) is 0 Å². The highest BCUT2D eigenvalue weighted by molar-refractivity contribution is 6.30. The van der Waals surface area contributed by atoms with Crippen LogP contribution in [-0.2, 0) is 0 Å². The summed E-state index contributed by atoms with van der Waals surface area (Å²) in [5.41, 5.74) is 1.03. The third-order valence-electron chi connectivity index (χ3n) is 3.74. The first-order chi connectivity index (χ1) is 13.0. The molecule has 0 saturated carbocycles. The fraction of sp³-hybridized carbons (Fsp3) is 0.263. The highest BCUT2D eigenvalue weighted by atomic mass is 35.5. The monoisotopic (exact) mass is 393 g/mol. The second kappa shape index (κ2) is 10.5. The Hall–Kier alpha value is -2.64. The molecule has 27 heavy (non-hydrogen) atoms. The first-order valence-corrected chi connectivity index (χ1v) is 8.82. The first kappa shape index (κ1) is 20.7. The van der Waals surface area contributed by atoms with Gasteiger partial charge in [0.15, 0.2) is 0 Å². The van der Waals surface area contributed by atoms with E-state index >= 15 is 0 Å². The molecule has 0 radical (unpaired) electrons. The molecule has 2 rings (SSSR count). The molecule has 0 saturated heterocycles. The van der Waals surface area contributed by atoms with E-state index in [2.05, 4.69) is 16.0 Å². The van der Waals surface area contributed by atoms with Crippen molar-refractivity contribution >= 4 is 23.5 Å². The predicted molar refractivity (Wildman–Crippen MR) is 101 cm³/mol. The van der Waals surface area contributed by atoms with E-state index in [1.807, 2.05) is 0 Å². The lowest BCUT2D eigenvalue weighted by Gasteiger charge is -2.13. The summed E-state index contributed by atoms with van der Waals surface area (Å²) in [6, 6.07) is 11.6. The largest absolute Gasteiger partial charge is 0.387 e. The van der Waals surface area contributed by atoms with Gasteiger partial charge in [0.2, 0.25) is 0 Å². The Labute approximate surface area is 161 Å². The number of hydrogen-bond donors (Lipinski definition) is 4. The molecule has 144 valence electrons. The number of carbonyl (C=O) groups is 2. The average molecular weight is 394 g/mol. The number of urea groups is 1. The highest BCUT2D eigenvalue weighted by Gasteiger charge is 2.09. The van der Waals surface area contributed by atoms with Gasteiger partial charge in [0.1, 0.15) is 5.82 Å². The molecule has 0 aliphatic heterocycles. The summed E-state index contributed by atoms with van der Waals surface area (Å²) in [6.45, 7) is 0.783. The second-order valence-corrected chi connectivity index (χ2v) is 6.26. The van der Waals surface area contributed by atoms with Crippen molar-refractivity contribution in [3.63, 3.8) is 0 Å². The maximum atomic E-state index is 12.8. The van der Waals surface area contributed by atoms with Crippen LogP contribution in [0, 0.1) is 5.82 Å². The normalized spacial score (nSPS) is 11.5. The zero-order valence-electron chi connectivity index (χ0n) is 14.5. The van der Waals surface area contributed by atoms with E-state index in [1.54, 1.807) is 24.3 Å². The highest BCUT2D eigenvalue weighted by Crippen LogP contribution is 2.15. The molecular weight excluding hydrogens is 373 g/mol. The Morgan fingerprint density at radius 3 is 2.26 bits per heavy atom. The van der Waals surface area contributed by atoms with Crippen LogP contribution in [-0.4, -0.2) is 36.7 Å². The summed E-state index contributed by atoms with van der Waals surface area (Å²) in [7, 11) is 0. The van der Waals surface area contributed by atoms with Gasteiger partial charge in [-0.1, -0.05) is 23.7 Å². The topological polar surface area (TPSA) is 90.5 Å². The predicted octanol–water partition coefficient (Wildman–Crippen LogP) is 2.63. The summed E-state index contributed by atoms with van der Waals surface area (Å²) in [6.07, 6.45) is -0.303. The van der Waals surface area contributed by atoms with Gasteiger partial charge in [0.05, 0.1) is 6.10 Å². The summed E-state index contributed by atoms with van der Waals surface area (Å²) < 4.78 is 12.8. The van der Waals surface area contributed by atoms with E-state index in [1.165, 1.54) is 24.3 Å². The van der Waals surface area contributed by atoms with E-state index in [9.17, 15) is 19.1 Å². The van der Waals surface area contributed by atoms with Crippen LogP contribution in [0.25, 0.3) is 0 Å². The van der Waals surface area contributed by atoms with Gasteiger partial charge in [-0.05, 0) is 48.4 Å². The third-order valence-corrected chi connectivity index (χ3v) is 3.99. The number of carbonyl (C=O) groups excluding carboxylic acids is 2. The van der Waals surface area contributed by atoms with Gasteiger partial charge in [-0.15, -0.1) is 0 Å². The van der Waals surface area contributed by atoms with E-state index in [0.717, 1.165) is 0 Å². The molecule has 0 spiro atoms. The molecular formula is C19H21ClFN3O3. The van der Waals surface area contributed by atoms with Crippen molar-refractivity contribution in [2.45, 2.75) is 12.5 Å². The van der Waals surface area contributed by atoms with Gasteiger partial charge in [-0.25, -0.2) is 9.18 Å². The zero-order valence-corrected chi connectivity index (χ0v) is 15.3. The number of benzene rings is 2. The molecule has 4 N–H and O–H groups in total. The molecule has 3 amide bonds. The fourth-order valence-corrected chi connectivity index (χ4v) is 2.38. The van der Waals surface area contributed by atoms with Crippen LogP contribution < -0.4 is 16.0 Å². The van der Waals surface area contributed by atoms with Gasteiger partial charge in [0, 0.05) is 30.2 Å². The zero-order chi connectivity index (χ0) is 19.6. The van der Waals surface area contributed by atoms with Crippen LogP contribution >= 0.6 is 11.6 Å². The minimum Gasteiger partial charge on any atom is -0.387 e. The molecule has 0 aromatic heterocycles. The van der Waals surface area contributed by atoms with E-state index in [-0.39, 0.29) is 12.5 Å². The minimum absolute atomic E-state index is 0.0643. The molecule has 8 heteroatoms. The van der Waals surface area contributed by atoms with Crippen LogP contribution in [0.5, 0.6) is 0 Å². The van der Waals surface area contributed by atoms with Crippen LogP contribution in [0.4, 0.5) is 9.18 Å². The molecule has 1 atom stereocenters. The van der Waals surface area contributed by atoms with E-state index in [4.69, 9.17) is 11.6 Å². The number of halogens is 2. The molecule has 0 heterocycles. The average Bonchev–Trinajstić information content (AvgIpc) is 2.66. The van der Waals surface area contributed by atoms with Crippen molar-refractivity contribution in [2.75, 3.05) is 19.6 Å². The van der Waals surface area contributed by atoms with Gasteiger partial charge < -0.3 is 21.1 Å². The van der Waals surface area contributed by atoms with E-state index < -0.39 is 18.0 Å². The van der Waals surface area contributed by atoms with Crippen molar-refractivity contribution in [3.05, 3.63) is 70.5 Å². The smallest absolute Gasteiger partial charge is 0.314 e. The molecule has 0 bridgehead atoms. The molecule has 0 aliphatic carbocycles. The van der Waals surface area contributed by atoms with Crippen LogP contribution in [0.3, 0.4) is 0 Å². The van der Waals surface area contributed by atoms with Gasteiger partial charge >= 0.3 is 6.03 Å². The Morgan fingerprint density at radius 1 is 0.963 bits per heavy atom. The third kappa shape index (κ3) is 7.24. The second-order valence-electron chi connectivity index (χ2n) is 5.82. The fourth-order valence-electron chi connectivity index (χ4n) is 2.25. The number of nitrogens with one attached hydrogen (secondary N) is 3. The quantitative estimate of drug-likeness (QED) is 0.520. The van der Waals surface area contributed by atoms with Gasteiger partial charge in [-0.2, -0.15) is 0 Å². The number of rotatable bonds is 8. The lowest BCUT2D eigenvalue weighted by atomic mass is 10.1. The lowest BCUT2D eigenvalue weighted by Crippen LogP contribution is -2.39. The maximum absolute atomic E-state index is 12.8. The SMILES string of the molecule is O=C(NCCCNC(=O)c1ccc(F)cc1)NCC(O)c1ccc(Cl)cc1. The molecule has 6 nitrogen and oxygen atoms in total. The standard InChI is InChI=1S/C19H21ClFN3O3/c20-15-6-2-13(3-7-15)17(25)12-24-19(27)23-11-1-10-22-18(26)14-4-8-16(21)9-5-14/h2-9,17,25H,1,10-12H2,(H,22,26)(H2,23,24,27). The van der Waals surface area contributed by atoms with Crippen LogP contribution in [0.1, 0.15) is 28.4 Å². The van der Waals surface area contributed by atoms with Crippen molar-refractivity contribution in [1.82, 2.24) is 16.0 Å². The molecule has 0 aliphatic rings.